The van der Waals surface area contributed by atoms with Crippen LogP contribution in [-0.4, -0.2) is 143 Å². The average molecular weight is 1030 g/mol. The van der Waals surface area contributed by atoms with E-state index in [1.807, 2.05) is 0 Å². The molecule has 2 aliphatic rings. The third-order valence-corrected chi connectivity index (χ3v) is 12.2. The molecule has 2 saturated heterocycles. The zero-order valence-corrected chi connectivity index (χ0v) is 41.0. The molecule has 7 atom stereocenters. The summed E-state index contributed by atoms with van der Waals surface area (Å²) in [6.07, 6.45) is -0.541. The Kier molecular flexibility index (Phi) is 23.0. The SMILES string of the molecule is NC(=O)CCC1NC(=O)[C@H](Cc2ccccc2)NC(=O)C(Cc2ccc(O)cc2)NC(=O)CCCCCC(C(=O)N2CCC[C@H]2C(=O)N[C@@H](CCCN=C(N)N)C(=O)NCC(N)=O)NC(=O)[C@H](CC(N)=O)NC1=O. The first-order valence-corrected chi connectivity index (χ1v) is 24.3. The number of carbonyl (C=O) groups is 11. The normalized spacial score (nSPS) is 21.7. The highest BCUT2D eigenvalue weighted by molar-refractivity contribution is 5.99. The van der Waals surface area contributed by atoms with E-state index in [1.54, 1.807) is 42.5 Å². The molecule has 0 spiro atoms. The Balaban J connectivity index is 1.68. The van der Waals surface area contributed by atoms with E-state index < -0.39 is 133 Å². The largest absolute Gasteiger partial charge is 0.508 e. The number of phenols is 1. The van der Waals surface area contributed by atoms with Crippen LogP contribution in [0.3, 0.4) is 0 Å². The summed E-state index contributed by atoms with van der Waals surface area (Å²) in [7, 11) is 0. The Morgan fingerprint density at radius 1 is 0.676 bits per heavy atom. The first-order chi connectivity index (χ1) is 35.2. The number of aliphatic imine (C=N–C) groups is 1. The van der Waals surface area contributed by atoms with E-state index in [9.17, 15) is 57.8 Å². The van der Waals surface area contributed by atoms with Crippen molar-refractivity contribution in [2.24, 2.45) is 33.7 Å². The smallest absolute Gasteiger partial charge is 0.245 e. The summed E-state index contributed by atoms with van der Waals surface area (Å²) in [5, 5.41) is 27.9. The molecule has 0 bridgehead atoms. The molecule has 74 heavy (non-hydrogen) atoms. The lowest BCUT2D eigenvalue weighted by Crippen LogP contribution is -2.60. The molecule has 0 aliphatic carbocycles. The topological polar surface area (TPSA) is 438 Å². The number of guanidine groups is 1. The lowest BCUT2D eigenvalue weighted by molar-refractivity contribution is -0.143. The second-order valence-corrected chi connectivity index (χ2v) is 18.1. The summed E-state index contributed by atoms with van der Waals surface area (Å²) in [5.41, 5.74) is 28.2. The van der Waals surface area contributed by atoms with Crippen LogP contribution in [0.2, 0.25) is 0 Å². The number of primary amides is 3. The first kappa shape index (κ1) is 58.3. The van der Waals surface area contributed by atoms with Gasteiger partial charge in [0.25, 0.3) is 0 Å². The molecular weight excluding hydrogens is 965 g/mol. The van der Waals surface area contributed by atoms with Crippen LogP contribution in [-0.2, 0) is 65.6 Å². The number of aromatic hydroxyl groups is 1. The summed E-state index contributed by atoms with van der Waals surface area (Å²) in [5.74, 6) is -9.50. The number of carbonyl (C=O) groups excluding carboxylic acids is 11. The number of benzene rings is 2. The van der Waals surface area contributed by atoms with E-state index in [0.29, 0.717) is 24.0 Å². The van der Waals surface area contributed by atoms with Gasteiger partial charge in [-0.3, -0.25) is 57.7 Å². The summed E-state index contributed by atoms with van der Waals surface area (Å²) in [6.45, 7) is -0.377. The van der Waals surface area contributed by atoms with Gasteiger partial charge in [-0.1, -0.05) is 55.3 Å². The van der Waals surface area contributed by atoms with Crippen molar-refractivity contribution in [3.63, 3.8) is 0 Å². The van der Waals surface area contributed by atoms with Crippen LogP contribution < -0.4 is 65.9 Å². The van der Waals surface area contributed by atoms with E-state index >= 15 is 0 Å². The molecule has 18 N–H and O–H groups in total. The van der Waals surface area contributed by atoms with Crippen LogP contribution in [0, 0.1) is 0 Å². The molecule has 4 rings (SSSR count). The summed E-state index contributed by atoms with van der Waals surface area (Å²) in [6, 6.07) is 4.69. The number of likely N-dealkylation sites (tertiary alicyclic amines) is 1. The van der Waals surface area contributed by atoms with E-state index in [2.05, 4.69) is 42.2 Å². The second-order valence-electron chi connectivity index (χ2n) is 18.1. The molecule has 3 unspecified atom stereocenters. The van der Waals surface area contributed by atoms with Gasteiger partial charge >= 0.3 is 0 Å². The Bertz CT molecular complexity index is 2370. The van der Waals surface area contributed by atoms with Gasteiger partial charge in [0.15, 0.2) is 5.96 Å². The third kappa shape index (κ3) is 19.7. The molecule has 402 valence electrons. The van der Waals surface area contributed by atoms with Gasteiger partial charge < -0.3 is 75.9 Å². The number of hydrogen-bond donors (Lipinski definition) is 13. The fourth-order valence-electron chi connectivity index (χ4n) is 8.37. The summed E-state index contributed by atoms with van der Waals surface area (Å²) >= 11 is 0. The highest BCUT2D eigenvalue weighted by Crippen LogP contribution is 2.22. The van der Waals surface area contributed by atoms with E-state index in [4.69, 9.17) is 28.7 Å². The van der Waals surface area contributed by atoms with E-state index in [-0.39, 0.29) is 82.6 Å². The maximum atomic E-state index is 14.6. The molecule has 2 fully saturated rings. The lowest BCUT2D eigenvalue weighted by Gasteiger charge is -2.31. The molecule has 26 heteroatoms. The van der Waals surface area contributed by atoms with Crippen LogP contribution in [0.5, 0.6) is 5.75 Å². The van der Waals surface area contributed by atoms with E-state index in [1.165, 1.54) is 17.0 Å². The van der Waals surface area contributed by atoms with Gasteiger partial charge in [0.1, 0.15) is 48.0 Å². The van der Waals surface area contributed by atoms with Gasteiger partial charge in [0.2, 0.25) is 65.0 Å². The van der Waals surface area contributed by atoms with Crippen LogP contribution in [0.1, 0.15) is 88.2 Å². The van der Waals surface area contributed by atoms with Gasteiger partial charge in [0, 0.05) is 38.8 Å². The highest BCUT2D eigenvalue weighted by Gasteiger charge is 2.40. The van der Waals surface area contributed by atoms with E-state index in [0.717, 1.165) is 0 Å². The van der Waals surface area contributed by atoms with Crippen molar-refractivity contribution in [2.45, 2.75) is 132 Å². The van der Waals surface area contributed by atoms with Crippen molar-refractivity contribution in [2.75, 3.05) is 19.6 Å². The molecule has 0 aromatic heterocycles. The minimum Gasteiger partial charge on any atom is -0.508 e. The standard InChI is InChI=1S/C48H68N14O12/c49-37(64)20-19-31-42(69)61-35(25-38(50)65)45(72)59-32(47(74)62-22-8-13-36(62)46(73)58-30(12-7-21-54-48(52)53)41(68)55-26-39(51)66)11-5-2-6-14-40(67)56-33(24-28-15-17-29(63)18-16-28)43(70)60-34(44(71)57-31)23-27-9-3-1-4-10-27/h1,3-4,9-10,15-18,30-36,63H,2,5-8,11-14,19-26H2,(H2,49,64)(H2,50,65)(H2,51,66)(H,55,68)(H,56,67)(H,57,71)(H,58,73)(H,59,72)(H,60,70)(H,61,69)(H4,52,53,54)/t30-,31?,32?,33?,34-,35-,36-/m0/s1. The Morgan fingerprint density at radius 2 is 1.28 bits per heavy atom. The number of rotatable bonds is 19. The predicted octanol–water partition coefficient (Wildman–Crippen LogP) is -4.16. The Hall–Kier alpha value is -8.32. The maximum absolute atomic E-state index is 14.6. The molecule has 0 saturated carbocycles. The van der Waals surface area contributed by atoms with Crippen molar-refractivity contribution in [1.29, 1.82) is 0 Å². The minimum absolute atomic E-state index is 0.0189. The Morgan fingerprint density at radius 3 is 1.92 bits per heavy atom. The number of hydrogen-bond acceptors (Lipinski definition) is 13. The molecule has 2 aliphatic heterocycles. The number of amides is 11. The van der Waals surface area contributed by atoms with Crippen molar-refractivity contribution in [3.05, 3.63) is 65.7 Å². The lowest BCUT2D eigenvalue weighted by atomic mass is 10.0. The zero-order valence-electron chi connectivity index (χ0n) is 41.0. The molecule has 2 aromatic carbocycles. The predicted molar refractivity (Wildman–Crippen MR) is 266 cm³/mol. The van der Waals surface area contributed by atoms with Crippen LogP contribution in [0.15, 0.2) is 59.6 Å². The molecule has 2 heterocycles. The molecule has 11 amide bonds. The third-order valence-electron chi connectivity index (χ3n) is 12.2. The van der Waals surface area contributed by atoms with Crippen molar-refractivity contribution in [3.8, 4) is 5.75 Å². The van der Waals surface area contributed by atoms with Gasteiger partial charge in [-0.15, -0.1) is 0 Å². The fraction of sp³-hybridized carbons (Fsp3) is 0.500. The van der Waals surface area contributed by atoms with Crippen LogP contribution in [0.25, 0.3) is 0 Å². The molecule has 2 aromatic rings. The van der Waals surface area contributed by atoms with Gasteiger partial charge in [0.05, 0.1) is 13.0 Å². The van der Waals surface area contributed by atoms with Crippen molar-refractivity contribution in [1.82, 2.24) is 42.1 Å². The fourth-order valence-corrected chi connectivity index (χ4v) is 8.37. The number of phenolic OH excluding ortho intramolecular Hbond substituents is 1. The van der Waals surface area contributed by atoms with Gasteiger partial charge in [-0.05, 0) is 68.2 Å². The molecule has 0 radical (unpaired) electrons. The molecular formula is C48H68N14O12. The monoisotopic (exact) mass is 1030 g/mol. The average Bonchev–Trinajstić information content (AvgIpc) is 3.85. The molecule has 26 nitrogen and oxygen atoms in total. The minimum atomic E-state index is -1.76. The number of nitrogens with two attached hydrogens (primary N) is 5. The second kappa shape index (κ2) is 29.3. The quantitative estimate of drug-likeness (QED) is 0.0361. The van der Waals surface area contributed by atoms with Crippen molar-refractivity contribution >= 4 is 70.9 Å². The number of nitrogens with zero attached hydrogens (tertiary/aromatic N) is 2. The maximum Gasteiger partial charge on any atom is 0.245 e. The van der Waals surface area contributed by atoms with Crippen LogP contribution >= 0.6 is 0 Å². The van der Waals surface area contributed by atoms with Crippen molar-refractivity contribution < 1.29 is 57.8 Å². The Labute approximate surface area is 426 Å². The number of nitrogens with one attached hydrogen (secondary N) is 7. The van der Waals surface area contributed by atoms with Gasteiger partial charge in [-0.2, -0.15) is 0 Å². The highest BCUT2D eigenvalue weighted by atomic mass is 16.3. The van der Waals surface area contributed by atoms with Gasteiger partial charge in [-0.25, -0.2) is 0 Å². The first-order valence-electron chi connectivity index (χ1n) is 24.3. The van der Waals surface area contributed by atoms with Crippen LogP contribution in [0.4, 0.5) is 0 Å². The summed E-state index contributed by atoms with van der Waals surface area (Å²) in [4.78, 5) is 153. The summed E-state index contributed by atoms with van der Waals surface area (Å²) < 4.78 is 0. The zero-order chi connectivity index (χ0) is 54.3.